The van der Waals surface area contributed by atoms with Gasteiger partial charge in [-0.1, -0.05) is 70.5 Å². The second-order valence-electron chi connectivity index (χ2n) is 9.65. The standard InChI is InChI=1S/C25H38N2O3/c1-8-9-16-27(7)22-15-14-19-12-10-11-13-20(19)25(22,6)23(29)30-17-21(24(3,4)5)26-18(2)28/h10-15,21-22H,8-9,16-17H2,1-7H3,(H,26,28)/t21-,22+,25-/m1/s1. The first-order valence-corrected chi connectivity index (χ1v) is 10.9. The molecule has 5 heteroatoms. The topological polar surface area (TPSA) is 58.6 Å². The van der Waals surface area contributed by atoms with E-state index >= 15 is 0 Å². The molecule has 5 nitrogen and oxygen atoms in total. The number of amides is 1. The van der Waals surface area contributed by atoms with Crippen LogP contribution in [0, 0.1) is 5.41 Å². The van der Waals surface area contributed by atoms with Crippen molar-refractivity contribution in [3.05, 3.63) is 41.5 Å². The molecule has 0 saturated heterocycles. The van der Waals surface area contributed by atoms with Crippen LogP contribution in [0.1, 0.15) is 65.5 Å². The van der Waals surface area contributed by atoms with Gasteiger partial charge in [0, 0.05) is 13.0 Å². The van der Waals surface area contributed by atoms with E-state index in [0.29, 0.717) is 0 Å². The molecule has 1 aromatic rings. The average molecular weight is 415 g/mol. The largest absolute Gasteiger partial charge is 0.463 e. The van der Waals surface area contributed by atoms with Gasteiger partial charge in [0.2, 0.25) is 5.91 Å². The van der Waals surface area contributed by atoms with Crippen LogP contribution >= 0.6 is 0 Å². The quantitative estimate of drug-likeness (QED) is 0.649. The minimum absolute atomic E-state index is 0.0969. The van der Waals surface area contributed by atoms with Crippen molar-refractivity contribution in [2.45, 2.75) is 71.9 Å². The average Bonchev–Trinajstić information content (AvgIpc) is 2.68. The van der Waals surface area contributed by atoms with Crippen LogP contribution in [0.2, 0.25) is 0 Å². The van der Waals surface area contributed by atoms with E-state index in [1.165, 1.54) is 6.92 Å². The number of nitrogens with zero attached hydrogens (tertiary/aromatic N) is 1. The van der Waals surface area contributed by atoms with Gasteiger partial charge in [-0.15, -0.1) is 0 Å². The maximum absolute atomic E-state index is 13.6. The molecule has 0 unspecified atom stereocenters. The summed E-state index contributed by atoms with van der Waals surface area (Å²) in [5.41, 5.74) is 0.977. The van der Waals surface area contributed by atoms with Crippen molar-refractivity contribution in [2.75, 3.05) is 20.2 Å². The fourth-order valence-corrected chi connectivity index (χ4v) is 4.09. The van der Waals surface area contributed by atoms with Crippen LogP contribution < -0.4 is 5.32 Å². The number of carbonyl (C=O) groups excluding carboxylic acids is 2. The maximum Gasteiger partial charge on any atom is 0.318 e. The van der Waals surface area contributed by atoms with Crippen LogP contribution in [-0.4, -0.2) is 49.1 Å². The molecule has 0 aliphatic heterocycles. The Morgan fingerprint density at radius 3 is 2.53 bits per heavy atom. The number of esters is 1. The molecule has 166 valence electrons. The van der Waals surface area contributed by atoms with Gasteiger partial charge in [0.05, 0.1) is 6.04 Å². The molecule has 0 fully saturated rings. The second kappa shape index (κ2) is 9.78. The van der Waals surface area contributed by atoms with E-state index in [1.807, 2.05) is 52.0 Å². The highest BCUT2D eigenvalue weighted by molar-refractivity contribution is 5.87. The van der Waals surface area contributed by atoms with Gasteiger partial charge in [-0.05, 0) is 43.5 Å². The SMILES string of the molecule is CCCCN(C)[C@H]1C=Cc2ccccc2[C@@]1(C)C(=O)OC[C@@H](NC(C)=O)C(C)(C)C. The minimum Gasteiger partial charge on any atom is -0.463 e. The zero-order valence-electron chi connectivity index (χ0n) is 19.6. The molecule has 0 radical (unpaired) electrons. The van der Waals surface area contributed by atoms with E-state index in [-0.39, 0.29) is 36.0 Å². The number of fused-ring (bicyclic) bond motifs is 1. The van der Waals surface area contributed by atoms with E-state index in [1.54, 1.807) is 0 Å². The zero-order valence-corrected chi connectivity index (χ0v) is 19.6. The van der Waals surface area contributed by atoms with Gasteiger partial charge in [-0.3, -0.25) is 14.5 Å². The van der Waals surface area contributed by atoms with E-state index in [4.69, 9.17) is 4.74 Å². The molecule has 1 N–H and O–H groups in total. The lowest BCUT2D eigenvalue weighted by atomic mass is 9.70. The summed E-state index contributed by atoms with van der Waals surface area (Å²) in [5.74, 6) is -0.382. The molecule has 1 amide bonds. The lowest BCUT2D eigenvalue weighted by Crippen LogP contribution is -2.55. The molecular formula is C25H38N2O3. The van der Waals surface area contributed by atoms with Gasteiger partial charge in [0.1, 0.15) is 12.0 Å². The van der Waals surface area contributed by atoms with Crippen LogP contribution in [0.25, 0.3) is 6.08 Å². The first kappa shape index (κ1) is 24.1. The Balaban J connectivity index is 2.33. The normalized spacial score (nSPS) is 21.8. The van der Waals surface area contributed by atoms with Crippen molar-refractivity contribution in [1.82, 2.24) is 10.2 Å². The third-order valence-corrected chi connectivity index (χ3v) is 6.14. The summed E-state index contributed by atoms with van der Waals surface area (Å²) in [4.78, 5) is 27.5. The van der Waals surface area contributed by atoms with E-state index < -0.39 is 5.41 Å². The summed E-state index contributed by atoms with van der Waals surface area (Å²) >= 11 is 0. The molecule has 3 atom stereocenters. The Kier molecular flexibility index (Phi) is 7.87. The number of nitrogens with one attached hydrogen (secondary N) is 1. The number of unbranched alkanes of at least 4 members (excludes halogenated alkanes) is 1. The Morgan fingerprint density at radius 1 is 1.27 bits per heavy atom. The third-order valence-electron chi connectivity index (χ3n) is 6.14. The number of ether oxygens (including phenoxy) is 1. The molecule has 0 saturated carbocycles. The van der Waals surface area contributed by atoms with Gasteiger partial charge >= 0.3 is 5.97 Å². The number of likely N-dealkylation sites (N-methyl/N-ethyl adjacent to an activating group) is 1. The lowest BCUT2D eigenvalue weighted by molar-refractivity contribution is -0.154. The van der Waals surface area contributed by atoms with Crippen LogP contribution in [0.4, 0.5) is 0 Å². The monoisotopic (exact) mass is 414 g/mol. The smallest absolute Gasteiger partial charge is 0.318 e. The Hall–Kier alpha value is -2.14. The fraction of sp³-hybridized carbons (Fsp3) is 0.600. The van der Waals surface area contributed by atoms with Crippen LogP contribution in [0.5, 0.6) is 0 Å². The van der Waals surface area contributed by atoms with Crippen LogP contribution in [0.15, 0.2) is 30.3 Å². The minimum atomic E-state index is -0.827. The zero-order chi connectivity index (χ0) is 22.5. The summed E-state index contributed by atoms with van der Waals surface area (Å²) in [5, 5.41) is 2.93. The van der Waals surface area contributed by atoms with Crippen molar-refractivity contribution >= 4 is 18.0 Å². The summed E-state index contributed by atoms with van der Waals surface area (Å²) in [6.07, 6.45) is 6.39. The van der Waals surface area contributed by atoms with E-state index in [2.05, 4.69) is 36.3 Å². The number of rotatable bonds is 8. The van der Waals surface area contributed by atoms with Gasteiger partial charge in [0.15, 0.2) is 0 Å². The van der Waals surface area contributed by atoms with Crippen molar-refractivity contribution in [2.24, 2.45) is 5.41 Å². The first-order valence-electron chi connectivity index (χ1n) is 10.9. The molecular weight excluding hydrogens is 376 g/mol. The molecule has 0 bridgehead atoms. The summed E-state index contributed by atoms with van der Waals surface area (Å²) in [6.45, 7) is 12.8. The highest BCUT2D eigenvalue weighted by atomic mass is 16.5. The van der Waals surface area contributed by atoms with E-state index in [9.17, 15) is 9.59 Å². The van der Waals surface area contributed by atoms with Crippen molar-refractivity contribution in [1.29, 1.82) is 0 Å². The lowest BCUT2D eigenvalue weighted by Gasteiger charge is -2.43. The molecule has 1 aliphatic rings. The molecule has 0 aromatic heterocycles. The summed E-state index contributed by atoms with van der Waals surface area (Å²) < 4.78 is 5.90. The molecule has 0 spiro atoms. The van der Waals surface area contributed by atoms with Crippen molar-refractivity contribution < 1.29 is 14.3 Å². The van der Waals surface area contributed by atoms with Crippen molar-refractivity contribution in [3.63, 3.8) is 0 Å². The van der Waals surface area contributed by atoms with Crippen LogP contribution in [0.3, 0.4) is 0 Å². The summed E-state index contributed by atoms with van der Waals surface area (Å²) in [7, 11) is 2.07. The summed E-state index contributed by atoms with van der Waals surface area (Å²) in [6, 6.07) is 7.67. The first-order chi connectivity index (χ1) is 14.0. The van der Waals surface area contributed by atoms with Gasteiger partial charge in [-0.2, -0.15) is 0 Å². The Labute approximate surface area is 181 Å². The number of carbonyl (C=O) groups is 2. The fourth-order valence-electron chi connectivity index (χ4n) is 4.09. The highest BCUT2D eigenvalue weighted by Crippen LogP contribution is 2.39. The third kappa shape index (κ3) is 5.31. The van der Waals surface area contributed by atoms with Crippen LogP contribution in [-0.2, 0) is 19.7 Å². The van der Waals surface area contributed by atoms with E-state index in [0.717, 1.165) is 30.5 Å². The second-order valence-corrected chi connectivity index (χ2v) is 9.65. The predicted molar refractivity (Wildman–Crippen MR) is 122 cm³/mol. The van der Waals surface area contributed by atoms with Gasteiger partial charge in [0.25, 0.3) is 0 Å². The molecule has 30 heavy (non-hydrogen) atoms. The number of hydrogen-bond donors (Lipinski definition) is 1. The van der Waals surface area contributed by atoms with Gasteiger partial charge in [-0.25, -0.2) is 0 Å². The van der Waals surface area contributed by atoms with Gasteiger partial charge < -0.3 is 10.1 Å². The molecule has 0 heterocycles. The van der Waals surface area contributed by atoms with Crippen molar-refractivity contribution in [3.8, 4) is 0 Å². The highest BCUT2D eigenvalue weighted by Gasteiger charge is 2.48. The molecule has 1 aromatic carbocycles. The molecule has 2 rings (SSSR count). The maximum atomic E-state index is 13.6. The Morgan fingerprint density at radius 2 is 1.93 bits per heavy atom. The number of hydrogen-bond acceptors (Lipinski definition) is 4. The number of benzene rings is 1. The molecule has 1 aliphatic carbocycles. The Bertz CT molecular complexity index is 781. The predicted octanol–water partition coefficient (Wildman–Crippen LogP) is 4.17.